The molecule has 0 bridgehead atoms. The van der Waals surface area contributed by atoms with E-state index < -0.39 is 4.92 Å². The summed E-state index contributed by atoms with van der Waals surface area (Å²) in [5, 5.41) is 14.5. The van der Waals surface area contributed by atoms with Crippen molar-refractivity contribution < 1.29 is 19.0 Å². The van der Waals surface area contributed by atoms with E-state index in [1.54, 1.807) is 24.0 Å². The Labute approximate surface area is 138 Å². The molecule has 1 fully saturated rings. The molecule has 0 atom stereocenters. The average Bonchev–Trinajstić information content (AvgIpc) is 2.82. The van der Waals surface area contributed by atoms with Crippen LogP contribution in [0.15, 0.2) is 28.8 Å². The fraction of sp³-hybridized carbons (Fsp3) is 0.375. The molecular weight excluding hydrogens is 314 g/mol. The predicted octanol–water partition coefficient (Wildman–Crippen LogP) is 2.03. The summed E-state index contributed by atoms with van der Waals surface area (Å²) in [6, 6.07) is 5.92. The van der Waals surface area contributed by atoms with Crippen LogP contribution in [-0.4, -0.2) is 40.1 Å². The molecule has 0 spiro atoms. The van der Waals surface area contributed by atoms with Crippen LogP contribution in [0.25, 0.3) is 0 Å². The van der Waals surface area contributed by atoms with Crippen LogP contribution in [0.4, 0.5) is 5.69 Å². The summed E-state index contributed by atoms with van der Waals surface area (Å²) in [5.74, 6) is 1.23. The maximum atomic E-state index is 12.2. The van der Waals surface area contributed by atoms with Crippen molar-refractivity contribution in [3.8, 4) is 5.75 Å². The van der Waals surface area contributed by atoms with Gasteiger partial charge in [0.1, 0.15) is 17.6 Å². The van der Waals surface area contributed by atoms with Gasteiger partial charge in [-0.15, -0.1) is 0 Å². The zero-order valence-electron chi connectivity index (χ0n) is 13.4. The molecule has 2 heterocycles. The van der Waals surface area contributed by atoms with Crippen LogP contribution >= 0.6 is 0 Å². The first-order chi connectivity index (χ1) is 11.4. The van der Waals surface area contributed by atoms with Crippen LogP contribution in [0, 0.1) is 24.0 Å². The first kappa shape index (κ1) is 16.0. The molecule has 1 amide bonds. The van der Waals surface area contributed by atoms with Gasteiger partial charge in [0.05, 0.1) is 30.1 Å². The van der Waals surface area contributed by atoms with Crippen molar-refractivity contribution in [2.75, 3.05) is 13.1 Å². The monoisotopic (exact) mass is 331 g/mol. The molecule has 0 saturated carbocycles. The van der Waals surface area contributed by atoms with Gasteiger partial charge < -0.3 is 14.2 Å². The number of aromatic nitrogens is 1. The maximum absolute atomic E-state index is 12.2. The lowest BCUT2D eigenvalue weighted by atomic mass is 10.1. The lowest BCUT2D eigenvalue weighted by molar-refractivity contribution is -0.384. The number of ether oxygens (including phenoxy) is 1. The Morgan fingerprint density at radius 1 is 1.38 bits per heavy atom. The molecule has 1 aliphatic heterocycles. The van der Waals surface area contributed by atoms with Crippen LogP contribution in [0.1, 0.15) is 17.0 Å². The second-order valence-electron chi connectivity index (χ2n) is 5.77. The van der Waals surface area contributed by atoms with E-state index in [4.69, 9.17) is 9.26 Å². The van der Waals surface area contributed by atoms with Gasteiger partial charge in [-0.1, -0.05) is 5.16 Å². The fourth-order valence-corrected chi connectivity index (χ4v) is 2.57. The summed E-state index contributed by atoms with van der Waals surface area (Å²) in [6.45, 7) is 4.60. The standard InChI is InChI=1S/C16H17N3O5/c1-10-15(11(2)24-17-10)7-16(20)18-8-14(9-18)23-13-5-3-12(4-6-13)19(21)22/h3-6,14H,7-9H2,1-2H3. The van der Waals surface area contributed by atoms with Crippen molar-refractivity contribution >= 4 is 11.6 Å². The normalized spacial score (nSPS) is 14.3. The van der Waals surface area contributed by atoms with Gasteiger partial charge in [0, 0.05) is 17.7 Å². The summed E-state index contributed by atoms with van der Waals surface area (Å²) in [6.07, 6.45) is 0.172. The summed E-state index contributed by atoms with van der Waals surface area (Å²) in [4.78, 5) is 24.1. The molecule has 8 nitrogen and oxygen atoms in total. The van der Waals surface area contributed by atoms with E-state index in [0.717, 1.165) is 11.3 Å². The highest BCUT2D eigenvalue weighted by molar-refractivity contribution is 5.80. The second-order valence-corrected chi connectivity index (χ2v) is 5.77. The Hall–Kier alpha value is -2.90. The average molecular weight is 331 g/mol. The Balaban J connectivity index is 1.50. The first-order valence-electron chi connectivity index (χ1n) is 7.54. The van der Waals surface area contributed by atoms with E-state index in [2.05, 4.69) is 5.16 Å². The molecule has 1 aromatic carbocycles. The first-order valence-corrected chi connectivity index (χ1v) is 7.54. The Bertz CT molecular complexity index is 743. The predicted molar refractivity (Wildman–Crippen MR) is 83.8 cm³/mol. The van der Waals surface area contributed by atoms with Crippen molar-refractivity contribution in [2.45, 2.75) is 26.4 Å². The Morgan fingerprint density at radius 3 is 2.58 bits per heavy atom. The number of hydrogen-bond donors (Lipinski definition) is 0. The summed E-state index contributed by atoms with van der Waals surface area (Å²) in [5.41, 5.74) is 1.59. The third-order valence-electron chi connectivity index (χ3n) is 4.06. The molecule has 3 rings (SSSR count). The number of benzene rings is 1. The topological polar surface area (TPSA) is 98.7 Å². The van der Waals surface area contributed by atoms with Gasteiger partial charge in [0.2, 0.25) is 5.91 Å². The highest BCUT2D eigenvalue weighted by Gasteiger charge is 2.33. The minimum absolute atomic E-state index is 0.00736. The molecule has 1 aliphatic rings. The van der Waals surface area contributed by atoms with Crippen LogP contribution in [-0.2, 0) is 11.2 Å². The Kier molecular flexibility index (Phi) is 4.20. The molecule has 0 unspecified atom stereocenters. The molecule has 8 heteroatoms. The van der Waals surface area contributed by atoms with E-state index in [-0.39, 0.29) is 24.1 Å². The number of nitro benzene ring substituents is 1. The maximum Gasteiger partial charge on any atom is 0.269 e. The number of carbonyl (C=O) groups excluding carboxylic acids is 1. The van der Waals surface area contributed by atoms with E-state index in [1.165, 1.54) is 12.1 Å². The van der Waals surface area contributed by atoms with Gasteiger partial charge in [-0.25, -0.2) is 0 Å². The molecule has 126 valence electrons. The molecule has 24 heavy (non-hydrogen) atoms. The molecule has 2 aromatic rings. The number of amides is 1. The van der Waals surface area contributed by atoms with E-state index in [1.807, 2.05) is 6.92 Å². The van der Waals surface area contributed by atoms with Crippen molar-refractivity contribution in [3.63, 3.8) is 0 Å². The van der Waals surface area contributed by atoms with Crippen molar-refractivity contribution in [2.24, 2.45) is 0 Å². The smallest absolute Gasteiger partial charge is 0.269 e. The third kappa shape index (κ3) is 3.22. The number of nitrogens with zero attached hydrogens (tertiary/aromatic N) is 3. The highest BCUT2D eigenvalue weighted by Crippen LogP contribution is 2.22. The van der Waals surface area contributed by atoms with Gasteiger partial charge in [-0.3, -0.25) is 14.9 Å². The van der Waals surface area contributed by atoms with Crippen LogP contribution in [0.5, 0.6) is 5.75 Å². The SMILES string of the molecule is Cc1noc(C)c1CC(=O)N1CC(Oc2ccc([N+](=O)[O-])cc2)C1. The lowest BCUT2D eigenvalue weighted by Gasteiger charge is -2.39. The van der Waals surface area contributed by atoms with E-state index in [0.29, 0.717) is 24.6 Å². The van der Waals surface area contributed by atoms with E-state index >= 15 is 0 Å². The van der Waals surface area contributed by atoms with E-state index in [9.17, 15) is 14.9 Å². The molecule has 0 N–H and O–H groups in total. The zero-order chi connectivity index (χ0) is 17.3. The van der Waals surface area contributed by atoms with Gasteiger partial charge in [-0.2, -0.15) is 0 Å². The minimum atomic E-state index is -0.456. The molecule has 0 radical (unpaired) electrons. The summed E-state index contributed by atoms with van der Waals surface area (Å²) >= 11 is 0. The molecular formula is C16H17N3O5. The molecule has 1 saturated heterocycles. The number of aryl methyl sites for hydroxylation is 2. The number of non-ortho nitro benzene ring substituents is 1. The fourth-order valence-electron chi connectivity index (χ4n) is 2.57. The van der Waals surface area contributed by atoms with Gasteiger partial charge in [0.25, 0.3) is 5.69 Å². The van der Waals surface area contributed by atoms with Crippen LogP contribution in [0.3, 0.4) is 0 Å². The third-order valence-corrected chi connectivity index (χ3v) is 4.06. The van der Waals surface area contributed by atoms with Gasteiger partial charge >= 0.3 is 0 Å². The van der Waals surface area contributed by atoms with Gasteiger partial charge in [0.15, 0.2) is 0 Å². The zero-order valence-corrected chi connectivity index (χ0v) is 13.4. The lowest BCUT2D eigenvalue weighted by Crippen LogP contribution is -2.56. The molecule has 1 aromatic heterocycles. The number of rotatable bonds is 5. The minimum Gasteiger partial charge on any atom is -0.487 e. The van der Waals surface area contributed by atoms with Crippen LogP contribution < -0.4 is 4.74 Å². The Morgan fingerprint density at radius 2 is 2.04 bits per heavy atom. The number of nitro groups is 1. The van der Waals surface area contributed by atoms with Crippen molar-refractivity contribution in [1.82, 2.24) is 10.1 Å². The van der Waals surface area contributed by atoms with Crippen LogP contribution in [0.2, 0.25) is 0 Å². The van der Waals surface area contributed by atoms with Crippen molar-refractivity contribution in [1.29, 1.82) is 0 Å². The summed E-state index contributed by atoms with van der Waals surface area (Å²) in [7, 11) is 0. The van der Waals surface area contributed by atoms with Crippen molar-refractivity contribution in [3.05, 3.63) is 51.4 Å². The summed E-state index contributed by atoms with van der Waals surface area (Å²) < 4.78 is 10.8. The highest BCUT2D eigenvalue weighted by atomic mass is 16.6. The number of likely N-dealkylation sites (tertiary alicyclic amines) is 1. The van der Waals surface area contributed by atoms with Gasteiger partial charge in [-0.05, 0) is 26.0 Å². The largest absolute Gasteiger partial charge is 0.487 e. The second kappa shape index (κ2) is 6.31. The quantitative estimate of drug-likeness (QED) is 0.614. The number of carbonyl (C=O) groups is 1. The molecule has 0 aliphatic carbocycles. The number of hydrogen-bond acceptors (Lipinski definition) is 6.